The molecule has 8 N–H and O–H groups in total. The van der Waals surface area contributed by atoms with Crippen LogP contribution in [0.2, 0.25) is 0 Å². The average Bonchev–Trinajstić information content (AvgIpc) is 2.97. The van der Waals surface area contributed by atoms with Crippen molar-refractivity contribution in [3.05, 3.63) is 83.9 Å². The molecule has 1 atom stereocenters. The number of hydrogen-bond acceptors (Lipinski definition) is 8. The highest BCUT2D eigenvalue weighted by molar-refractivity contribution is 7.89. The lowest BCUT2D eigenvalue weighted by Gasteiger charge is -2.37. The molecule has 42 heavy (non-hydrogen) atoms. The molecule has 0 unspecified atom stereocenters. The molecule has 1 fully saturated rings. The second-order valence-corrected chi connectivity index (χ2v) is 11.6. The zero-order valence-corrected chi connectivity index (χ0v) is 23.8. The predicted molar refractivity (Wildman–Crippen MR) is 161 cm³/mol. The second-order valence-electron chi connectivity index (χ2n) is 9.94. The lowest BCUT2D eigenvalue weighted by molar-refractivity contribution is -0.133. The first-order valence-corrected chi connectivity index (χ1v) is 14.9. The standard InChI is InChI=1S/C29H35N7O5S/c30-12-11-27(38)33-22-5-2-6-25(19-22)42(40,41)34-26(18-20-3-1-4-21(17-20)28(31)32)29(39)36-15-13-35(14-16-36)23-7-9-24(37)10-8-23/h1-10,17,19,26,34,37H,11-16,18,30H2,(H3,31,32)(H,33,38)/t26-/m0/s1. The molecule has 0 spiro atoms. The van der Waals surface area contributed by atoms with Crippen LogP contribution in [-0.2, 0) is 26.0 Å². The van der Waals surface area contributed by atoms with E-state index in [9.17, 15) is 23.1 Å². The van der Waals surface area contributed by atoms with Crippen molar-refractivity contribution < 1.29 is 23.1 Å². The van der Waals surface area contributed by atoms with E-state index in [2.05, 4.69) is 14.9 Å². The van der Waals surface area contributed by atoms with Crippen LogP contribution in [0.3, 0.4) is 0 Å². The Morgan fingerprint density at radius 3 is 2.33 bits per heavy atom. The molecule has 0 bridgehead atoms. The van der Waals surface area contributed by atoms with E-state index in [0.29, 0.717) is 43.0 Å². The lowest BCUT2D eigenvalue weighted by Crippen LogP contribution is -2.55. The topological polar surface area (TPSA) is 195 Å². The van der Waals surface area contributed by atoms with Gasteiger partial charge in [-0.1, -0.05) is 24.3 Å². The van der Waals surface area contributed by atoms with Gasteiger partial charge in [-0.25, -0.2) is 8.42 Å². The van der Waals surface area contributed by atoms with Gasteiger partial charge in [0.15, 0.2) is 0 Å². The zero-order chi connectivity index (χ0) is 30.3. The van der Waals surface area contributed by atoms with Crippen molar-refractivity contribution in [1.29, 1.82) is 5.41 Å². The van der Waals surface area contributed by atoms with Crippen LogP contribution in [0.15, 0.2) is 77.7 Å². The zero-order valence-electron chi connectivity index (χ0n) is 23.0. The molecular weight excluding hydrogens is 558 g/mol. The van der Waals surface area contributed by atoms with Crippen molar-refractivity contribution in [2.75, 3.05) is 42.9 Å². The number of sulfonamides is 1. The summed E-state index contributed by atoms with van der Waals surface area (Å²) in [6.45, 7) is 1.95. The van der Waals surface area contributed by atoms with Crippen molar-refractivity contribution in [3.63, 3.8) is 0 Å². The van der Waals surface area contributed by atoms with Gasteiger partial charge in [-0.05, 0) is 60.5 Å². The molecule has 1 aliphatic heterocycles. The fourth-order valence-corrected chi connectivity index (χ4v) is 5.94. The van der Waals surface area contributed by atoms with Gasteiger partial charge in [0, 0.05) is 56.1 Å². The monoisotopic (exact) mass is 593 g/mol. The maximum Gasteiger partial charge on any atom is 0.241 e. The fraction of sp³-hybridized carbons (Fsp3) is 0.276. The molecule has 3 aromatic rings. The number of nitrogens with zero attached hydrogens (tertiary/aromatic N) is 2. The van der Waals surface area contributed by atoms with Gasteiger partial charge in [-0.3, -0.25) is 15.0 Å². The Morgan fingerprint density at radius 1 is 0.976 bits per heavy atom. The Morgan fingerprint density at radius 2 is 1.67 bits per heavy atom. The van der Waals surface area contributed by atoms with Crippen LogP contribution < -0.4 is 26.4 Å². The highest BCUT2D eigenvalue weighted by atomic mass is 32.2. The Balaban J connectivity index is 1.55. The average molecular weight is 594 g/mol. The molecule has 12 nitrogen and oxygen atoms in total. The fourth-order valence-electron chi connectivity index (χ4n) is 4.70. The van der Waals surface area contributed by atoms with Gasteiger partial charge in [-0.15, -0.1) is 0 Å². The number of nitrogens with two attached hydrogens (primary N) is 2. The van der Waals surface area contributed by atoms with E-state index in [-0.39, 0.29) is 47.7 Å². The van der Waals surface area contributed by atoms with Gasteiger partial charge in [0.25, 0.3) is 0 Å². The van der Waals surface area contributed by atoms with Crippen LogP contribution in [0.1, 0.15) is 17.5 Å². The van der Waals surface area contributed by atoms with Gasteiger partial charge < -0.3 is 31.7 Å². The molecule has 222 valence electrons. The number of phenols is 1. The number of anilines is 2. The summed E-state index contributed by atoms with van der Waals surface area (Å²) in [5, 5.41) is 20.0. The van der Waals surface area contributed by atoms with Crippen LogP contribution in [0, 0.1) is 5.41 Å². The summed E-state index contributed by atoms with van der Waals surface area (Å²) < 4.78 is 29.6. The maximum absolute atomic E-state index is 13.8. The number of carbonyl (C=O) groups excluding carboxylic acids is 2. The summed E-state index contributed by atoms with van der Waals surface area (Å²) in [6, 6.07) is 18.2. The smallest absolute Gasteiger partial charge is 0.241 e. The van der Waals surface area contributed by atoms with Crippen LogP contribution in [0.5, 0.6) is 5.75 Å². The molecular formula is C29H35N7O5S. The predicted octanol–water partition coefficient (Wildman–Crippen LogP) is 1.20. The summed E-state index contributed by atoms with van der Waals surface area (Å²) >= 11 is 0. The highest BCUT2D eigenvalue weighted by Crippen LogP contribution is 2.21. The maximum atomic E-state index is 13.8. The normalized spacial score (nSPS) is 14.3. The summed E-state index contributed by atoms with van der Waals surface area (Å²) in [4.78, 5) is 29.4. The first kappa shape index (κ1) is 30.5. The third kappa shape index (κ3) is 7.84. The first-order valence-electron chi connectivity index (χ1n) is 13.4. The number of piperazine rings is 1. The number of phenolic OH excluding ortho intramolecular Hbond substituents is 1. The summed E-state index contributed by atoms with van der Waals surface area (Å²) in [5.41, 5.74) is 13.4. The van der Waals surface area contributed by atoms with Gasteiger partial charge in [-0.2, -0.15) is 4.72 Å². The van der Waals surface area contributed by atoms with E-state index >= 15 is 0 Å². The Kier molecular flexibility index (Phi) is 9.78. The summed E-state index contributed by atoms with van der Waals surface area (Å²) in [6.07, 6.45) is 0.120. The highest BCUT2D eigenvalue weighted by Gasteiger charge is 2.32. The van der Waals surface area contributed by atoms with Gasteiger partial charge in [0.1, 0.15) is 17.6 Å². The van der Waals surface area contributed by atoms with Crippen molar-refractivity contribution in [3.8, 4) is 5.75 Å². The van der Waals surface area contributed by atoms with Gasteiger partial charge in [0.05, 0.1) is 4.90 Å². The first-order chi connectivity index (χ1) is 20.1. The number of aromatic hydroxyl groups is 1. The van der Waals surface area contributed by atoms with Gasteiger partial charge >= 0.3 is 0 Å². The molecule has 1 saturated heterocycles. The largest absolute Gasteiger partial charge is 0.508 e. The molecule has 1 aliphatic rings. The number of nitrogen functional groups attached to an aromatic ring is 1. The Hall–Kier alpha value is -4.46. The number of amidine groups is 1. The van der Waals surface area contributed by atoms with Crippen LogP contribution in [0.25, 0.3) is 0 Å². The number of carbonyl (C=O) groups is 2. The molecule has 3 aromatic carbocycles. The van der Waals surface area contributed by atoms with Crippen molar-refractivity contribution in [1.82, 2.24) is 9.62 Å². The van der Waals surface area contributed by atoms with E-state index in [1.165, 1.54) is 18.2 Å². The minimum absolute atomic E-state index is 0.0320. The van der Waals surface area contributed by atoms with E-state index in [4.69, 9.17) is 16.9 Å². The summed E-state index contributed by atoms with van der Waals surface area (Å²) in [5.74, 6) is -0.700. The van der Waals surface area contributed by atoms with Crippen molar-refractivity contribution in [2.24, 2.45) is 11.5 Å². The van der Waals surface area contributed by atoms with Crippen LogP contribution >= 0.6 is 0 Å². The molecule has 13 heteroatoms. The van der Waals surface area contributed by atoms with Crippen LogP contribution in [0.4, 0.5) is 11.4 Å². The number of benzene rings is 3. The van der Waals surface area contributed by atoms with Crippen molar-refractivity contribution in [2.45, 2.75) is 23.8 Å². The third-order valence-corrected chi connectivity index (χ3v) is 8.35. The summed E-state index contributed by atoms with van der Waals surface area (Å²) in [7, 11) is -4.19. The number of nitrogens with one attached hydrogen (secondary N) is 3. The van der Waals surface area contributed by atoms with E-state index < -0.39 is 16.1 Å². The Bertz CT molecular complexity index is 1540. The second kappa shape index (κ2) is 13.5. The quantitative estimate of drug-likeness (QED) is 0.141. The lowest BCUT2D eigenvalue weighted by atomic mass is 10.0. The minimum atomic E-state index is -4.19. The molecule has 1 heterocycles. The van der Waals surface area contributed by atoms with E-state index in [0.717, 1.165) is 5.69 Å². The number of rotatable bonds is 11. The molecule has 0 aromatic heterocycles. The van der Waals surface area contributed by atoms with Crippen LogP contribution in [-0.4, -0.2) is 74.8 Å². The van der Waals surface area contributed by atoms with E-state index in [1.54, 1.807) is 59.5 Å². The Labute approximate surface area is 244 Å². The van der Waals surface area contributed by atoms with E-state index in [1.807, 2.05) is 0 Å². The molecule has 4 rings (SSSR count). The number of amides is 2. The number of hydrogen-bond donors (Lipinski definition) is 6. The van der Waals surface area contributed by atoms with Crippen molar-refractivity contribution >= 4 is 39.0 Å². The minimum Gasteiger partial charge on any atom is -0.508 e. The third-order valence-electron chi connectivity index (χ3n) is 6.88. The molecule has 2 amide bonds. The SMILES string of the molecule is N=C(N)c1cccc(C[C@H](NS(=O)(=O)c2cccc(NC(=O)CCN)c2)C(=O)N2CCN(c3ccc(O)cc3)CC2)c1. The molecule has 0 aliphatic carbocycles. The molecule has 0 saturated carbocycles. The van der Waals surface area contributed by atoms with Gasteiger partial charge in [0.2, 0.25) is 21.8 Å². The molecule has 0 radical (unpaired) electrons.